The fourth-order valence-corrected chi connectivity index (χ4v) is 2.57. The van der Waals surface area contributed by atoms with Gasteiger partial charge < -0.3 is 10.2 Å². The number of benzene rings is 1. The van der Waals surface area contributed by atoms with Crippen molar-refractivity contribution >= 4 is 5.91 Å². The van der Waals surface area contributed by atoms with Gasteiger partial charge in [-0.15, -0.1) is 0 Å². The van der Waals surface area contributed by atoms with Crippen LogP contribution in [0.4, 0.5) is 0 Å². The second-order valence-corrected chi connectivity index (χ2v) is 5.23. The summed E-state index contributed by atoms with van der Waals surface area (Å²) in [5, 5.41) is 3.40. The van der Waals surface area contributed by atoms with Gasteiger partial charge in [0.25, 0.3) is 0 Å². The number of hydrogen-bond donors (Lipinski definition) is 1. The van der Waals surface area contributed by atoms with Crippen LogP contribution in [0.2, 0.25) is 0 Å². The maximum Gasteiger partial charge on any atom is 0.240 e. The first-order valence-corrected chi connectivity index (χ1v) is 7.37. The lowest BCUT2D eigenvalue weighted by Gasteiger charge is -2.24. The number of nitrogens with zero attached hydrogens (tertiary/aromatic N) is 1. The van der Waals surface area contributed by atoms with Crippen LogP contribution in [0.3, 0.4) is 0 Å². The van der Waals surface area contributed by atoms with Gasteiger partial charge >= 0.3 is 0 Å². The summed E-state index contributed by atoms with van der Waals surface area (Å²) in [4.78, 5) is 14.5. The lowest BCUT2D eigenvalue weighted by molar-refractivity contribution is -0.132. The minimum atomic E-state index is -0.0690. The van der Waals surface area contributed by atoms with E-state index in [2.05, 4.69) is 24.4 Å². The van der Waals surface area contributed by atoms with E-state index in [0.29, 0.717) is 0 Å². The van der Waals surface area contributed by atoms with Gasteiger partial charge in [0.05, 0.1) is 6.04 Å². The van der Waals surface area contributed by atoms with Crippen molar-refractivity contribution < 1.29 is 4.79 Å². The number of hydrogen-bond acceptors (Lipinski definition) is 2. The number of amides is 1. The molecular weight excluding hydrogens is 236 g/mol. The predicted molar refractivity (Wildman–Crippen MR) is 78.0 cm³/mol. The zero-order chi connectivity index (χ0) is 13.5. The first kappa shape index (κ1) is 14.1. The monoisotopic (exact) mass is 260 g/mol. The molecule has 19 heavy (non-hydrogen) atoms. The normalized spacial score (nSPS) is 16.6. The molecule has 1 N–H and O–H groups in total. The van der Waals surface area contributed by atoms with Crippen LogP contribution in [0.25, 0.3) is 0 Å². The maximum atomic E-state index is 12.5. The molecule has 0 aliphatic carbocycles. The third-order valence-electron chi connectivity index (χ3n) is 3.64. The van der Waals surface area contributed by atoms with Crippen molar-refractivity contribution in [2.24, 2.45) is 0 Å². The molecule has 1 aliphatic rings. The standard InChI is InChI=1S/C16H24N2O/c1-2-10-17-15(13-14-8-4-3-5-9-14)16(19)18-11-6-7-12-18/h3-5,8-9,15,17H,2,6-7,10-13H2,1H3/t15-/m1/s1. The first-order valence-electron chi connectivity index (χ1n) is 7.37. The highest BCUT2D eigenvalue weighted by molar-refractivity contribution is 5.82. The lowest BCUT2D eigenvalue weighted by atomic mass is 10.0. The van der Waals surface area contributed by atoms with Gasteiger partial charge in [-0.25, -0.2) is 0 Å². The molecule has 1 saturated heterocycles. The Kier molecular flexibility index (Phi) is 5.40. The zero-order valence-electron chi connectivity index (χ0n) is 11.8. The molecule has 1 aromatic rings. The molecule has 2 rings (SSSR count). The number of rotatable bonds is 6. The molecule has 1 aliphatic heterocycles. The van der Waals surface area contributed by atoms with Gasteiger partial charge in [0.15, 0.2) is 0 Å². The second-order valence-electron chi connectivity index (χ2n) is 5.23. The molecule has 3 nitrogen and oxygen atoms in total. The largest absolute Gasteiger partial charge is 0.341 e. The van der Waals surface area contributed by atoms with Crippen LogP contribution >= 0.6 is 0 Å². The van der Waals surface area contributed by atoms with Crippen LogP contribution in [0.1, 0.15) is 31.7 Å². The lowest BCUT2D eigenvalue weighted by Crippen LogP contribution is -2.47. The summed E-state index contributed by atoms with van der Waals surface area (Å²) in [6.07, 6.45) is 4.14. The summed E-state index contributed by atoms with van der Waals surface area (Å²) in [5.74, 6) is 0.273. The predicted octanol–water partition coefficient (Wildman–Crippen LogP) is 2.22. The molecule has 0 spiro atoms. The summed E-state index contributed by atoms with van der Waals surface area (Å²) in [6.45, 7) is 4.89. The van der Waals surface area contributed by atoms with Gasteiger partial charge in [-0.05, 0) is 37.8 Å². The first-order chi connectivity index (χ1) is 9.31. The Morgan fingerprint density at radius 2 is 1.95 bits per heavy atom. The van der Waals surface area contributed by atoms with Gasteiger partial charge in [0.1, 0.15) is 0 Å². The molecule has 0 unspecified atom stereocenters. The average Bonchev–Trinajstić information content (AvgIpc) is 2.98. The highest BCUT2D eigenvalue weighted by Gasteiger charge is 2.25. The van der Waals surface area contributed by atoms with Crippen LogP contribution in [-0.4, -0.2) is 36.5 Å². The van der Waals surface area contributed by atoms with E-state index in [4.69, 9.17) is 0 Å². The van der Waals surface area contributed by atoms with Gasteiger partial charge in [-0.3, -0.25) is 4.79 Å². The van der Waals surface area contributed by atoms with Crippen molar-refractivity contribution in [3.8, 4) is 0 Å². The summed E-state index contributed by atoms with van der Waals surface area (Å²) < 4.78 is 0. The average molecular weight is 260 g/mol. The zero-order valence-corrected chi connectivity index (χ0v) is 11.8. The van der Waals surface area contributed by atoms with Crippen LogP contribution < -0.4 is 5.32 Å². The molecule has 0 saturated carbocycles. The van der Waals surface area contributed by atoms with Crippen molar-refractivity contribution in [2.45, 2.75) is 38.6 Å². The number of likely N-dealkylation sites (tertiary alicyclic amines) is 1. The number of nitrogens with one attached hydrogen (secondary N) is 1. The van der Waals surface area contributed by atoms with Gasteiger partial charge in [0.2, 0.25) is 5.91 Å². The molecule has 1 aromatic carbocycles. The van der Waals surface area contributed by atoms with Crippen LogP contribution in [0.15, 0.2) is 30.3 Å². The molecular formula is C16H24N2O. The molecule has 3 heteroatoms. The van der Waals surface area contributed by atoms with Gasteiger partial charge in [-0.2, -0.15) is 0 Å². The van der Waals surface area contributed by atoms with E-state index in [9.17, 15) is 4.79 Å². The van der Waals surface area contributed by atoms with Crippen molar-refractivity contribution in [1.29, 1.82) is 0 Å². The number of carbonyl (C=O) groups is 1. The quantitative estimate of drug-likeness (QED) is 0.850. The highest BCUT2D eigenvalue weighted by atomic mass is 16.2. The van der Waals surface area contributed by atoms with Gasteiger partial charge in [0, 0.05) is 13.1 Å². The summed E-state index contributed by atoms with van der Waals surface area (Å²) in [7, 11) is 0. The SMILES string of the molecule is CCCN[C@H](Cc1ccccc1)C(=O)N1CCCC1. The van der Waals surface area contributed by atoms with Crippen molar-refractivity contribution in [3.05, 3.63) is 35.9 Å². The fraction of sp³-hybridized carbons (Fsp3) is 0.562. The van der Waals surface area contributed by atoms with Crippen LogP contribution in [-0.2, 0) is 11.2 Å². The third-order valence-corrected chi connectivity index (χ3v) is 3.64. The highest BCUT2D eigenvalue weighted by Crippen LogP contribution is 2.12. The fourth-order valence-electron chi connectivity index (χ4n) is 2.57. The van der Waals surface area contributed by atoms with Gasteiger partial charge in [-0.1, -0.05) is 37.3 Å². The molecule has 1 atom stereocenters. The Morgan fingerprint density at radius 3 is 2.58 bits per heavy atom. The smallest absolute Gasteiger partial charge is 0.240 e. The molecule has 0 bridgehead atoms. The van der Waals surface area contributed by atoms with Crippen LogP contribution in [0, 0.1) is 0 Å². The number of carbonyl (C=O) groups excluding carboxylic acids is 1. The Hall–Kier alpha value is -1.35. The van der Waals surface area contributed by atoms with E-state index >= 15 is 0 Å². The minimum absolute atomic E-state index is 0.0690. The van der Waals surface area contributed by atoms with E-state index in [1.807, 2.05) is 23.1 Å². The Morgan fingerprint density at radius 1 is 1.26 bits per heavy atom. The van der Waals surface area contributed by atoms with E-state index in [-0.39, 0.29) is 11.9 Å². The minimum Gasteiger partial charge on any atom is -0.341 e. The Balaban J connectivity index is 2.00. The van der Waals surface area contributed by atoms with E-state index in [0.717, 1.165) is 45.3 Å². The summed E-state index contributed by atoms with van der Waals surface area (Å²) in [6, 6.07) is 10.2. The van der Waals surface area contributed by atoms with E-state index in [1.165, 1.54) is 5.56 Å². The summed E-state index contributed by atoms with van der Waals surface area (Å²) >= 11 is 0. The van der Waals surface area contributed by atoms with Crippen molar-refractivity contribution in [1.82, 2.24) is 10.2 Å². The molecule has 104 valence electrons. The topological polar surface area (TPSA) is 32.3 Å². The van der Waals surface area contributed by atoms with E-state index < -0.39 is 0 Å². The molecule has 0 radical (unpaired) electrons. The van der Waals surface area contributed by atoms with Crippen molar-refractivity contribution in [3.63, 3.8) is 0 Å². The molecule has 1 heterocycles. The Labute approximate surface area is 116 Å². The third kappa shape index (κ3) is 4.06. The molecule has 1 fully saturated rings. The second kappa shape index (κ2) is 7.29. The van der Waals surface area contributed by atoms with Crippen LogP contribution in [0.5, 0.6) is 0 Å². The molecule has 0 aromatic heterocycles. The molecule has 1 amide bonds. The maximum absolute atomic E-state index is 12.5. The summed E-state index contributed by atoms with van der Waals surface area (Å²) in [5.41, 5.74) is 1.23. The Bertz CT molecular complexity index is 385. The van der Waals surface area contributed by atoms with Crippen molar-refractivity contribution in [2.75, 3.05) is 19.6 Å². The van der Waals surface area contributed by atoms with E-state index in [1.54, 1.807) is 0 Å².